The first-order valence-electron chi connectivity index (χ1n) is 6.47. The van der Waals surface area contributed by atoms with E-state index in [0.29, 0.717) is 6.54 Å². The van der Waals surface area contributed by atoms with Gasteiger partial charge in [-0.05, 0) is 25.3 Å². The van der Waals surface area contributed by atoms with E-state index in [2.05, 4.69) is 26.1 Å². The Morgan fingerprint density at radius 1 is 1.28 bits per heavy atom. The highest BCUT2D eigenvalue weighted by molar-refractivity contribution is 7.86. The fourth-order valence-electron chi connectivity index (χ4n) is 2.00. The molecule has 1 fully saturated rings. The Labute approximate surface area is 112 Å². The number of hydrogen-bond donors (Lipinski definition) is 1. The van der Waals surface area contributed by atoms with Crippen molar-refractivity contribution in [2.45, 2.75) is 45.7 Å². The molecule has 1 saturated carbocycles. The molecule has 0 spiro atoms. The SMILES string of the molecule is CN[C@H](CN(C)S(=O)(=O)N(C)C1CC1)C(C)(C)C. The number of nitrogens with zero attached hydrogens (tertiary/aromatic N) is 2. The third-order valence-corrected chi connectivity index (χ3v) is 5.62. The van der Waals surface area contributed by atoms with Crippen LogP contribution in [-0.4, -0.2) is 56.8 Å². The lowest BCUT2D eigenvalue weighted by atomic mass is 9.87. The lowest BCUT2D eigenvalue weighted by Gasteiger charge is -2.34. The summed E-state index contributed by atoms with van der Waals surface area (Å²) in [6, 6.07) is 0.338. The van der Waals surface area contributed by atoms with E-state index >= 15 is 0 Å². The summed E-state index contributed by atoms with van der Waals surface area (Å²) < 4.78 is 27.6. The van der Waals surface area contributed by atoms with Crippen LogP contribution in [0.1, 0.15) is 33.6 Å². The van der Waals surface area contributed by atoms with Crippen molar-refractivity contribution in [1.29, 1.82) is 0 Å². The molecule has 5 nitrogen and oxygen atoms in total. The summed E-state index contributed by atoms with van der Waals surface area (Å²) in [6.45, 7) is 6.82. The molecule has 0 unspecified atom stereocenters. The quantitative estimate of drug-likeness (QED) is 0.784. The molecule has 0 radical (unpaired) electrons. The van der Waals surface area contributed by atoms with Gasteiger partial charge in [-0.2, -0.15) is 17.0 Å². The fraction of sp³-hybridized carbons (Fsp3) is 1.00. The minimum absolute atomic E-state index is 0.0245. The van der Waals surface area contributed by atoms with Crippen LogP contribution in [0.3, 0.4) is 0 Å². The first-order chi connectivity index (χ1) is 8.10. The zero-order valence-corrected chi connectivity index (χ0v) is 13.2. The molecule has 0 saturated heterocycles. The van der Waals surface area contributed by atoms with Crippen molar-refractivity contribution in [3.8, 4) is 0 Å². The summed E-state index contributed by atoms with van der Waals surface area (Å²) in [5, 5.41) is 3.20. The van der Waals surface area contributed by atoms with E-state index in [4.69, 9.17) is 0 Å². The summed E-state index contributed by atoms with van der Waals surface area (Å²) in [5.74, 6) is 0. The summed E-state index contributed by atoms with van der Waals surface area (Å²) in [4.78, 5) is 0. The Balaban J connectivity index is 2.71. The summed E-state index contributed by atoms with van der Waals surface area (Å²) in [6.07, 6.45) is 1.97. The highest BCUT2D eigenvalue weighted by atomic mass is 32.2. The molecule has 0 heterocycles. The van der Waals surface area contributed by atoms with Crippen LogP contribution in [0.25, 0.3) is 0 Å². The van der Waals surface area contributed by atoms with E-state index < -0.39 is 10.2 Å². The molecule has 0 aromatic heterocycles. The summed E-state index contributed by atoms with van der Waals surface area (Å²) >= 11 is 0. The first kappa shape index (κ1) is 15.9. The number of rotatable bonds is 6. The molecule has 1 N–H and O–H groups in total. The molecule has 1 atom stereocenters. The van der Waals surface area contributed by atoms with Crippen LogP contribution < -0.4 is 5.32 Å². The highest BCUT2D eigenvalue weighted by Gasteiger charge is 2.37. The van der Waals surface area contributed by atoms with Crippen LogP contribution in [0.5, 0.6) is 0 Å². The maximum absolute atomic E-state index is 12.3. The van der Waals surface area contributed by atoms with Crippen LogP contribution in [0, 0.1) is 5.41 Å². The zero-order chi connectivity index (χ0) is 14.1. The van der Waals surface area contributed by atoms with Gasteiger partial charge >= 0.3 is 0 Å². The second-order valence-electron chi connectivity index (χ2n) is 6.24. The van der Waals surface area contributed by atoms with E-state index in [0.717, 1.165) is 12.8 Å². The van der Waals surface area contributed by atoms with Crippen LogP contribution in [0.2, 0.25) is 0 Å². The van der Waals surface area contributed by atoms with Crippen molar-refractivity contribution in [2.75, 3.05) is 27.7 Å². The second-order valence-corrected chi connectivity index (χ2v) is 8.34. The molecule has 108 valence electrons. The maximum atomic E-state index is 12.3. The van der Waals surface area contributed by atoms with Crippen LogP contribution >= 0.6 is 0 Å². The second kappa shape index (κ2) is 5.45. The average molecular weight is 277 g/mol. The minimum atomic E-state index is -3.31. The first-order valence-corrected chi connectivity index (χ1v) is 7.87. The van der Waals surface area contributed by atoms with Gasteiger partial charge in [0, 0.05) is 32.7 Å². The highest BCUT2D eigenvalue weighted by Crippen LogP contribution is 2.29. The maximum Gasteiger partial charge on any atom is 0.281 e. The van der Waals surface area contributed by atoms with Crippen LogP contribution in [-0.2, 0) is 10.2 Å². The van der Waals surface area contributed by atoms with Gasteiger partial charge in [-0.15, -0.1) is 0 Å². The Hall–Kier alpha value is -0.170. The summed E-state index contributed by atoms with van der Waals surface area (Å²) in [5.41, 5.74) is 0.0245. The Kier molecular flexibility index (Phi) is 4.81. The smallest absolute Gasteiger partial charge is 0.281 e. The monoisotopic (exact) mass is 277 g/mol. The van der Waals surface area contributed by atoms with E-state index in [1.807, 2.05) is 7.05 Å². The molecule has 0 bridgehead atoms. The van der Waals surface area contributed by atoms with Gasteiger partial charge in [0.2, 0.25) is 0 Å². The third-order valence-electron chi connectivity index (χ3n) is 3.65. The van der Waals surface area contributed by atoms with Gasteiger partial charge in [0.25, 0.3) is 10.2 Å². The molecule has 0 aromatic carbocycles. The third kappa shape index (κ3) is 3.66. The largest absolute Gasteiger partial charge is 0.315 e. The molecule has 1 aliphatic carbocycles. The van der Waals surface area contributed by atoms with Crippen molar-refractivity contribution < 1.29 is 8.42 Å². The Bertz CT molecular complexity index is 371. The molecule has 0 aliphatic heterocycles. The van der Waals surface area contributed by atoms with Crippen LogP contribution in [0.15, 0.2) is 0 Å². The molecule has 18 heavy (non-hydrogen) atoms. The number of nitrogens with one attached hydrogen (secondary N) is 1. The van der Waals surface area contributed by atoms with Crippen LogP contribution in [0.4, 0.5) is 0 Å². The van der Waals surface area contributed by atoms with Crippen molar-refractivity contribution in [3.63, 3.8) is 0 Å². The van der Waals surface area contributed by atoms with E-state index in [1.165, 1.54) is 8.61 Å². The van der Waals surface area contributed by atoms with Gasteiger partial charge < -0.3 is 5.32 Å². The standard InChI is InChI=1S/C12H27N3O2S/c1-12(2,3)11(13-4)9-14(5)18(16,17)15(6)10-7-8-10/h10-11,13H,7-9H2,1-6H3/t11-/m1/s1. The van der Waals surface area contributed by atoms with Gasteiger partial charge in [-0.1, -0.05) is 20.8 Å². The molecular formula is C12H27N3O2S. The molecule has 0 aromatic rings. The van der Waals surface area contributed by atoms with E-state index in [1.54, 1.807) is 14.1 Å². The number of likely N-dealkylation sites (N-methyl/N-ethyl adjacent to an activating group) is 2. The Morgan fingerprint density at radius 2 is 1.78 bits per heavy atom. The van der Waals surface area contributed by atoms with Gasteiger partial charge in [0.15, 0.2) is 0 Å². The van der Waals surface area contributed by atoms with Crippen molar-refractivity contribution in [3.05, 3.63) is 0 Å². The van der Waals surface area contributed by atoms with E-state index in [9.17, 15) is 8.42 Å². The molecular weight excluding hydrogens is 250 g/mol. The topological polar surface area (TPSA) is 52.7 Å². The lowest BCUT2D eigenvalue weighted by molar-refractivity contribution is 0.240. The molecule has 6 heteroatoms. The molecule has 1 rings (SSSR count). The van der Waals surface area contributed by atoms with Gasteiger partial charge in [0.1, 0.15) is 0 Å². The molecule has 1 aliphatic rings. The number of hydrogen-bond acceptors (Lipinski definition) is 3. The van der Waals surface area contributed by atoms with Gasteiger partial charge in [-0.3, -0.25) is 0 Å². The Morgan fingerprint density at radius 3 is 2.11 bits per heavy atom. The van der Waals surface area contributed by atoms with Crippen molar-refractivity contribution in [1.82, 2.24) is 13.9 Å². The lowest BCUT2D eigenvalue weighted by Crippen LogP contribution is -2.50. The predicted octanol–water partition coefficient (Wildman–Crippen LogP) is 0.891. The van der Waals surface area contributed by atoms with Crippen molar-refractivity contribution >= 4 is 10.2 Å². The zero-order valence-electron chi connectivity index (χ0n) is 12.4. The van der Waals surface area contributed by atoms with Gasteiger partial charge in [0.05, 0.1) is 0 Å². The average Bonchev–Trinajstić information content (AvgIpc) is 3.06. The fourth-order valence-corrected chi connectivity index (χ4v) is 3.36. The molecule has 0 amide bonds. The predicted molar refractivity (Wildman–Crippen MR) is 74.6 cm³/mol. The van der Waals surface area contributed by atoms with Crippen molar-refractivity contribution in [2.24, 2.45) is 5.41 Å². The van der Waals surface area contributed by atoms with E-state index in [-0.39, 0.29) is 17.5 Å². The van der Waals surface area contributed by atoms with Gasteiger partial charge in [-0.25, -0.2) is 0 Å². The normalized spacial score (nSPS) is 19.6. The summed E-state index contributed by atoms with van der Waals surface area (Å²) in [7, 11) is 1.89. The minimum Gasteiger partial charge on any atom is -0.315 e.